The fourth-order valence-electron chi connectivity index (χ4n) is 4.72. The summed E-state index contributed by atoms with van der Waals surface area (Å²) in [4.78, 5) is 0.213. The Balaban J connectivity index is 1.84. The van der Waals surface area contributed by atoms with Crippen LogP contribution < -0.4 is 0 Å². The van der Waals surface area contributed by atoms with Gasteiger partial charge in [-0.25, -0.2) is 0 Å². The Morgan fingerprint density at radius 3 is 1.62 bits per heavy atom. The molecule has 2 unspecified atom stereocenters. The first-order valence-corrected chi connectivity index (χ1v) is 12.9. The molecule has 170 valence electrons. The van der Waals surface area contributed by atoms with Gasteiger partial charge in [-0.1, -0.05) is 92.2 Å². The van der Waals surface area contributed by atoms with Crippen molar-refractivity contribution in [2.24, 2.45) is 5.92 Å². The third-order valence-corrected chi connectivity index (χ3v) is 7.69. The molecule has 0 saturated heterocycles. The van der Waals surface area contributed by atoms with E-state index in [4.69, 9.17) is 4.18 Å². The molecule has 0 aliphatic rings. The van der Waals surface area contributed by atoms with Crippen molar-refractivity contribution < 1.29 is 12.6 Å². The van der Waals surface area contributed by atoms with E-state index >= 15 is 0 Å². The first kappa shape index (κ1) is 24.2. The van der Waals surface area contributed by atoms with Gasteiger partial charge in [0.05, 0.1) is 11.5 Å². The molecule has 3 nitrogen and oxygen atoms in total. The van der Waals surface area contributed by atoms with Gasteiger partial charge in [-0.3, -0.25) is 4.18 Å². The van der Waals surface area contributed by atoms with Crippen LogP contribution in [0.3, 0.4) is 0 Å². The van der Waals surface area contributed by atoms with Crippen LogP contribution in [0.2, 0.25) is 0 Å². The minimum absolute atomic E-state index is 0.174. The number of benzene rings is 3. The predicted octanol–water partition coefficient (Wildman–Crippen LogP) is 7.09. The summed E-state index contributed by atoms with van der Waals surface area (Å²) in [5.74, 6) is 0.919. The molecule has 0 heterocycles. The second-order valence-electron chi connectivity index (χ2n) is 8.39. The van der Waals surface area contributed by atoms with Crippen LogP contribution in [0.1, 0.15) is 61.6 Å². The summed E-state index contributed by atoms with van der Waals surface area (Å²) in [6, 6.07) is 27.9. The van der Waals surface area contributed by atoms with Gasteiger partial charge in [0, 0.05) is 0 Å². The van der Waals surface area contributed by atoms with Gasteiger partial charge in [-0.15, -0.1) is 0 Å². The van der Waals surface area contributed by atoms with Gasteiger partial charge < -0.3 is 0 Å². The third kappa shape index (κ3) is 6.08. The first-order chi connectivity index (χ1) is 15.5. The van der Waals surface area contributed by atoms with Crippen molar-refractivity contribution in [3.05, 3.63) is 102 Å². The van der Waals surface area contributed by atoms with Crippen molar-refractivity contribution in [1.82, 2.24) is 0 Å². The van der Waals surface area contributed by atoms with Crippen LogP contribution in [-0.2, 0) is 14.3 Å². The van der Waals surface area contributed by atoms with Gasteiger partial charge in [-0.05, 0) is 67.2 Å². The highest BCUT2D eigenvalue weighted by Gasteiger charge is 2.30. The largest absolute Gasteiger partial charge is 0.296 e. The highest BCUT2D eigenvalue weighted by Crippen LogP contribution is 2.42. The quantitative estimate of drug-likeness (QED) is 0.293. The second-order valence-corrected chi connectivity index (χ2v) is 10.0. The molecule has 0 spiro atoms. The summed E-state index contributed by atoms with van der Waals surface area (Å²) >= 11 is 0. The third-order valence-electron chi connectivity index (χ3n) is 6.37. The lowest BCUT2D eigenvalue weighted by Gasteiger charge is -2.34. The zero-order chi connectivity index (χ0) is 23.0. The normalized spacial score (nSPS) is 14.6. The Bertz CT molecular complexity index is 997. The summed E-state index contributed by atoms with van der Waals surface area (Å²) in [5, 5.41) is 0. The molecule has 0 bridgehead atoms. The van der Waals surface area contributed by atoms with Crippen LogP contribution in [0.25, 0.3) is 0 Å². The zero-order valence-corrected chi connectivity index (χ0v) is 20.1. The van der Waals surface area contributed by atoms with Crippen molar-refractivity contribution in [3.8, 4) is 0 Å². The van der Waals surface area contributed by atoms with Gasteiger partial charge in [0.1, 0.15) is 0 Å². The van der Waals surface area contributed by atoms with Crippen molar-refractivity contribution in [2.75, 3.05) is 6.61 Å². The molecular formula is C28H34O3S. The maximum Gasteiger partial charge on any atom is 0.296 e. The Morgan fingerprint density at radius 2 is 1.19 bits per heavy atom. The molecule has 0 fully saturated rings. The molecule has 0 radical (unpaired) electrons. The first-order valence-electron chi connectivity index (χ1n) is 11.5. The second kappa shape index (κ2) is 11.4. The molecule has 3 rings (SSSR count). The summed E-state index contributed by atoms with van der Waals surface area (Å²) in [7, 11) is -3.77. The number of hydrogen-bond donors (Lipinski definition) is 0. The number of aryl methyl sites for hydroxylation is 1. The smallest absolute Gasteiger partial charge is 0.266 e. The van der Waals surface area contributed by atoms with E-state index in [-0.39, 0.29) is 17.4 Å². The molecule has 0 aliphatic heterocycles. The maximum atomic E-state index is 12.7. The van der Waals surface area contributed by atoms with E-state index in [1.807, 2.05) is 19.1 Å². The number of rotatable bonds is 11. The topological polar surface area (TPSA) is 43.4 Å². The molecule has 0 saturated carbocycles. The molecular weight excluding hydrogens is 416 g/mol. The minimum Gasteiger partial charge on any atom is -0.266 e. The lowest BCUT2D eigenvalue weighted by atomic mass is 9.71. The molecule has 3 aromatic rings. The highest BCUT2D eigenvalue weighted by molar-refractivity contribution is 7.86. The van der Waals surface area contributed by atoms with Gasteiger partial charge in [-0.2, -0.15) is 8.42 Å². The van der Waals surface area contributed by atoms with E-state index in [2.05, 4.69) is 62.4 Å². The van der Waals surface area contributed by atoms with Crippen LogP contribution in [0.4, 0.5) is 0 Å². The molecule has 3 aromatic carbocycles. The van der Waals surface area contributed by atoms with Crippen LogP contribution in [0.15, 0.2) is 89.8 Å². The Morgan fingerprint density at radius 1 is 0.719 bits per heavy atom. The Labute approximate surface area is 193 Å². The SMILES string of the molecule is CCC(c1ccccc1)C(CCOS(=O)(=O)c1ccc(C)cc1)C(CC)c1ccccc1. The molecule has 0 aliphatic carbocycles. The van der Waals surface area contributed by atoms with Crippen molar-refractivity contribution >= 4 is 10.1 Å². The molecule has 0 N–H and O–H groups in total. The van der Waals surface area contributed by atoms with Crippen molar-refractivity contribution in [1.29, 1.82) is 0 Å². The fraction of sp³-hybridized carbons (Fsp3) is 0.357. The van der Waals surface area contributed by atoms with E-state index in [1.165, 1.54) is 11.1 Å². The molecule has 32 heavy (non-hydrogen) atoms. The molecule has 0 amide bonds. The van der Waals surface area contributed by atoms with Crippen molar-refractivity contribution in [2.45, 2.75) is 56.8 Å². The monoisotopic (exact) mass is 450 g/mol. The van der Waals surface area contributed by atoms with Crippen LogP contribution in [0.5, 0.6) is 0 Å². The average molecular weight is 451 g/mol. The van der Waals surface area contributed by atoms with E-state index < -0.39 is 10.1 Å². The van der Waals surface area contributed by atoms with Crippen molar-refractivity contribution in [3.63, 3.8) is 0 Å². The lowest BCUT2D eigenvalue weighted by Crippen LogP contribution is -2.23. The summed E-state index contributed by atoms with van der Waals surface area (Å²) in [6.45, 7) is 6.54. The van der Waals surface area contributed by atoms with E-state index in [0.29, 0.717) is 18.3 Å². The van der Waals surface area contributed by atoms with E-state index in [9.17, 15) is 8.42 Å². The summed E-state index contributed by atoms with van der Waals surface area (Å²) in [6.07, 6.45) is 2.65. The Hall–Kier alpha value is -2.43. The highest BCUT2D eigenvalue weighted by atomic mass is 32.2. The molecule has 0 aromatic heterocycles. The van der Waals surface area contributed by atoms with Gasteiger partial charge in [0.15, 0.2) is 0 Å². The zero-order valence-electron chi connectivity index (χ0n) is 19.3. The minimum atomic E-state index is -3.77. The van der Waals surface area contributed by atoms with E-state index in [1.54, 1.807) is 24.3 Å². The maximum absolute atomic E-state index is 12.7. The summed E-state index contributed by atoms with van der Waals surface area (Å²) < 4.78 is 31.0. The van der Waals surface area contributed by atoms with Crippen LogP contribution >= 0.6 is 0 Å². The van der Waals surface area contributed by atoms with Gasteiger partial charge >= 0.3 is 0 Å². The van der Waals surface area contributed by atoms with Gasteiger partial charge in [0.2, 0.25) is 0 Å². The number of hydrogen-bond acceptors (Lipinski definition) is 3. The Kier molecular flexibility index (Phi) is 8.66. The van der Waals surface area contributed by atoms with Crippen LogP contribution in [0, 0.1) is 12.8 Å². The standard InChI is InChI=1S/C28H34O3S/c1-4-26(23-12-8-6-9-13-23)28(27(5-2)24-14-10-7-11-15-24)20-21-31-32(29,30)25-18-16-22(3)17-19-25/h6-19,26-28H,4-5,20-21H2,1-3H3. The van der Waals surface area contributed by atoms with Crippen LogP contribution in [-0.4, -0.2) is 15.0 Å². The lowest BCUT2D eigenvalue weighted by molar-refractivity contribution is 0.236. The molecule has 4 heteroatoms. The predicted molar refractivity (Wildman–Crippen MR) is 131 cm³/mol. The average Bonchev–Trinajstić information content (AvgIpc) is 2.81. The summed E-state index contributed by atoms with van der Waals surface area (Å²) in [5.41, 5.74) is 3.62. The van der Waals surface area contributed by atoms with Gasteiger partial charge in [0.25, 0.3) is 10.1 Å². The fourth-order valence-corrected chi connectivity index (χ4v) is 5.64. The van der Waals surface area contributed by atoms with E-state index in [0.717, 1.165) is 18.4 Å². The molecule has 2 atom stereocenters.